The van der Waals surface area contributed by atoms with Crippen LogP contribution in [-0.4, -0.2) is 45.5 Å². The molecule has 1 aromatic heterocycles. The van der Waals surface area contributed by atoms with E-state index in [1.165, 1.54) is 0 Å². The molecule has 116 valence electrons. The SMILES string of the molecule is O=C(COc1ccc(Cl)cc1)N1CCC(n2nccn2)CC1. The zero-order valence-corrected chi connectivity index (χ0v) is 12.8. The molecule has 2 aromatic rings. The Bertz CT molecular complexity index is 607. The van der Waals surface area contributed by atoms with Gasteiger partial charge < -0.3 is 9.64 Å². The molecule has 1 saturated heterocycles. The summed E-state index contributed by atoms with van der Waals surface area (Å²) < 4.78 is 5.50. The molecule has 1 aliphatic heterocycles. The molecule has 2 heterocycles. The summed E-state index contributed by atoms with van der Waals surface area (Å²) in [5, 5.41) is 8.97. The lowest BCUT2D eigenvalue weighted by Gasteiger charge is -2.31. The molecule has 6 nitrogen and oxygen atoms in total. The van der Waals surface area contributed by atoms with Gasteiger partial charge in [-0.1, -0.05) is 11.6 Å². The van der Waals surface area contributed by atoms with Gasteiger partial charge in [0, 0.05) is 18.1 Å². The number of aromatic nitrogens is 3. The summed E-state index contributed by atoms with van der Waals surface area (Å²) in [6, 6.07) is 7.26. The zero-order chi connectivity index (χ0) is 15.4. The van der Waals surface area contributed by atoms with Crippen molar-refractivity contribution < 1.29 is 9.53 Å². The third-order valence-electron chi connectivity index (χ3n) is 3.76. The molecule has 1 fully saturated rings. The van der Waals surface area contributed by atoms with Crippen LogP contribution in [0, 0.1) is 0 Å². The number of likely N-dealkylation sites (tertiary alicyclic amines) is 1. The topological polar surface area (TPSA) is 60.2 Å². The Morgan fingerprint density at radius 3 is 2.45 bits per heavy atom. The Morgan fingerprint density at radius 2 is 1.82 bits per heavy atom. The summed E-state index contributed by atoms with van der Waals surface area (Å²) in [6.07, 6.45) is 5.08. The summed E-state index contributed by atoms with van der Waals surface area (Å²) in [4.78, 5) is 15.7. The highest BCUT2D eigenvalue weighted by atomic mass is 35.5. The van der Waals surface area contributed by atoms with E-state index in [0.29, 0.717) is 23.9 Å². The number of benzene rings is 1. The van der Waals surface area contributed by atoms with E-state index >= 15 is 0 Å². The number of hydrogen-bond donors (Lipinski definition) is 0. The van der Waals surface area contributed by atoms with Crippen LogP contribution in [0.3, 0.4) is 0 Å². The van der Waals surface area contributed by atoms with Gasteiger partial charge in [-0.2, -0.15) is 15.0 Å². The summed E-state index contributed by atoms with van der Waals surface area (Å²) in [5.41, 5.74) is 0. The second kappa shape index (κ2) is 6.79. The van der Waals surface area contributed by atoms with Crippen molar-refractivity contribution in [2.45, 2.75) is 18.9 Å². The van der Waals surface area contributed by atoms with Crippen molar-refractivity contribution in [1.29, 1.82) is 0 Å². The number of ether oxygens (including phenoxy) is 1. The minimum atomic E-state index is 0.00169. The number of piperidine rings is 1. The molecule has 1 aliphatic rings. The van der Waals surface area contributed by atoms with Crippen LogP contribution in [0.4, 0.5) is 0 Å². The fraction of sp³-hybridized carbons (Fsp3) is 0.400. The van der Waals surface area contributed by atoms with Crippen molar-refractivity contribution in [3.8, 4) is 5.75 Å². The number of nitrogens with zero attached hydrogens (tertiary/aromatic N) is 4. The van der Waals surface area contributed by atoms with E-state index in [2.05, 4.69) is 10.2 Å². The molecule has 1 amide bonds. The minimum Gasteiger partial charge on any atom is -0.484 e. The third-order valence-corrected chi connectivity index (χ3v) is 4.01. The normalized spacial score (nSPS) is 15.8. The van der Waals surface area contributed by atoms with Gasteiger partial charge >= 0.3 is 0 Å². The molecule has 0 spiro atoms. The number of halogens is 1. The lowest BCUT2D eigenvalue weighted by Crippen LogP contribution is -2.41. The Hall–Kier alpha value is -2.08. The van der Waals surface area contributed by atoms with Gasteiger partial charge in [0.1, 0.15) is 5.75 Å². The molecular formula is C15H17ClN4O2. The van der Waals surface area contributed by atoms with Crippen molar-refractivity contribution in [3.63, 3.8) is 0 Å². The molecule has 0 aliphatic carbocycles. The summed E-state index contributed by atoms with van der Waals surface area (Å²) in [6.45, 7) is 1.45. The highest BCUT2D eigenvalue weighted by Gasteiger charge is 2.24. The van der Waals surface area contributed by atoms with E-state index in [1.54, 1.807) is 41.5 Å². The molecule has 0 radical (unpaired) electrons. The zero-order valence-electron chi connectivity index (χ0n) is 12.1. The van der Waals surface area contributed by atoms with E-state index in [9.17, 15) is 4.79 Å². The lowest BCUT2D eigenvalue weighted by molar-refractivity contribution is -0.134. The van der Waals surface area contributed by atoms with E-state index in [0.717, 1.165) is 12.8 Å². The molecule has 0 saturated carbocycles. The van der Waals surface area contributed by atoms with E-state index in [1.807, 2.05) is 4.90 Å². The minimum absolute atomic E-state index is 0.00169. The summed E-state index contributed by atoms with van der Waals surface area (Å²) in [5.74, 6) is 0.648. The van der Waals surface area contributed by atoms with Crippen molar-refractivity contribution in [3.05, 3.63) is 41.7 Å². The van der Waals surface area contributed by atoms with Gasteiger partial charge in [-0.25, -0.2) is 0 Å². The summed E-state index contributed by atoms with van der Waals surface area (Å²) in [7, 11) is 0. The Morgan fingerprint density at radius 1 is 1.18 bits per heavy atom. The summed E-state index contributed by atoms with van der Waals surface area (Å²) >= 11 is 5.81. The second-order valence-corrected chi connectivity index (χ2v) is 5.64. The molecule has 3 rings (SSSR count). The van der Waals surface area contributed by atoms with Gasteiger partial charge in [0.25, 0.3) is 5.91 Å². The number of hydrogen-bond acceptors (Lipinski definition) is 4. The average molecular weight is 321 g/mol. The average Bonchev–Trinajstić information content (AvgIpc) is 3.09. The van der Waals surface area contributed by atoms with Crippen LogP contribution in [0.25, 0.3) is 0 Å². The van der Waals surface area contributed by atoms with E-state index < -0.39 is 0 Å². The lowest BCUT2D eigenvalue weighted by atomic mass is 10.1. The quantitative estimate of drug-likeness (QED) is 0.866. The molecular weight excluding hydrogens is 304 g/mol. The van der Waals surface area contributed by atoms with Crippen molar-refractivity contribution in [1.82, 2.24) is 19.9 Å². The van der Waals surface area contributed by atoms with Crippen LogP contribution in [0.15, 0.2) is 36.7 Å². The number of amides is 1. The Kier molecular flexibility index (Phi) is 4.58. The van der Waals surface area contributed by atoms with Crippen LogP contribution in [-0.2, 0) is 4.79 Å². The van der Waals surface area contributed by atoms with Crippen molar-refractivity contribution in [2.75, 3.05) is 19.7 Å². The number of carbonyl (C=O) groups excluding carboxylic acids is 1. The van der Waals surface area contributed by atoms with E-state index in [-0.39, 0.29) is 18.6 Å². The van der Waals surface area contributed by atoms with E-state index in [4.69, 9.17) is 16.3 Å². The van der Waals surface area contributed by atoms with Gasteiger partial charge in [-0.15, -0.1) is 0 Å². The first-order valence-corrected chi connectivity index (χ1v) is 7.62. The first-order chi connectivity index (χ1) is 10.7. The first kappa shape index (κ1) is 14.8. The number of rotatable bonds is 4. The predicted octanol–water partition coefficient (Wildman–Crippen LogP) is 2.17. The third kappa shape index (κ3) is 3.57. The van der Waals surface area contributed by atoms with Crippen LogP contribution >= 0.6 is 11.6 Å². The molecule has 1 aromatic carbocycles. The molecule has 0 N–H and O–H groups in total. The molecule has 22 heavy (non-hydrogen) atoms. The van der Waals surface area contributed by atoms with Gasteiger partial charge in [0.15, 0.2) is 6.61 Å². The highest BCUT2D eigenvalue weighted by Crippen LogP contribution is 2.21. The van der Waals surface area contributed by atoms with Gasteiger partial charge in [0.05, 0.1) is 18.4 Å². The second-order valence-electron chi connectivity index (χ2n) is 5.20. The maximum absolute atomic E-state index is 12.2. The molecule has 7 heteroatoms. The van der Waals surface area contributed by atoms with Gasteiger partial charge in [-0.05, 0) is 37.1 Å². The largest absolute Gasteiger partial charge is 0.484 e. The molecule has 0 atom stereocenters. The Balaban J connectivity index is 1.46. The maximum Gasteiger partial charge on any atom is 0.260 e. The molecule has 0 unspecified atom stereocenters. The van der Waals surface area contributed by atoms with Gasteiger partial charge in [0.2, 0.25) is 0 Å². The standard InChI is InChI=1S/C15H17ClN4O2/c16-12-1-3-14(4-2-12)22-11-15(21)19-9-5-13(6-10-19)20-17-7-8-18-20/h1-4,7-8,13H,5-6,9-11H2. The van der Waals surface area contributed by atoms with Crippen molar-refractivity contribution in [2.24, 2.45) is 0 Å². The maximum atomic E-state index is 12.2. The molecule has 0 bridgehead atoms. The van der Waals surface area contributed by atoms with Crippen LogP contribution in [0.2, 0.25) is 5.02 Å². The predicted molar refractivity (Wildman–Crippen MR) is 81.8 cm³/mol. The van der Waals surface area contributed by atoms with Gasteiger partial charge in [-0.3, -0.25) is 4.79 Å². The monoisotopic (exact) mass is 320 g/mol. The smallest absolute Gasteiger partial charge is 0.260 e. The van der Waals surface area contributed by atoms with Crippen LogP contribution in [0.5, 0.6) is 5.75 Å². The first-order valence-electron chi connectivity index (χ1n) is 7.24. The Labute approximate surface area is 133 Å². The van der Waals surface area contributed by atoms with Crippen LogP contribution < -0.4 is 4.74 Å². The van der Waals surface area contributed by atoms with Crippen molar-refractivity contribution >= 4 is 17.5 Å². The highest BCUT2D eigenvalue weighted by molar-refractivity contribution is 6.30. The fourth-order valence-corrected chi connectivity index (χ4v) is 2.65. The fourth-order valence-electron chi connectivity index (χ4n) is 2.53. The van der Waals surface area contributed by atoms with Crippen LogP contribution in [0.1, 0.15) is 18.9 Å². The number of carbonyl (C=O) groups is 1.